The summed E-state index contributed by atoms with van der Waals surface area (Å²) >= 11 is 0. The van der Waals surface area contributed by atoms with E-state index in [1.165, 1.54) is 6.33 Å². The largest absolute Gasteiger partial charge is 0.480 e. The van der Waals surface area contributed by atoms with E-state index < -0.39 is 12.0 Å². The van der Waals surface area contributed by atoms with Gasteiger partial charge >= 0.3 is 12.0 Å². The number of rotatable bonds is 4. The molecule has 0 aromatic carbocycles. The van der Waals surface area contributed by atoms with Crippen molar-refractivity contribution in [2.75, 3.05) is 13.1 Å². The molecule has 1 aromatic rings. The Kier molecular flexibility index (Phi) is 4.03. The monoisotopic (exact) mass is 266 g/mol. The van der Waals surface area contributed by atoms with E-state index in [1.807, 2.05) is 0 Å². The summed E-state index contributed by atoms with van der Waals surface area (Å²) in [5, 5.41) is 11.7. The van der Waals surface area contributed by atoms with Gasteiger partial charge in [-0.25, -0.2) is 14.6 Å². The first-order valence-electron chi connectivity index (χ1n) is 6.31. The molecule has 2 unspecified atom stereocenters. The number of carboxylic acid groups (broad SMARTS) is 1. The fourth-order valence-corrected chi connectivity index (χ4v) is 2.18. The Morgan fingerprint density at radius 1 is 1.68 bits per heavy atom. The fourth-order valence-electron chi connectivity index (χ4n) is 2.18. The van der Waals surface area contributed by atoms with E-state index in [-0.39, 0.29) is 12.5 Å². The van der Waals surface area contributed by atoms with Crippen molar-refractivity contribution in [3.63, 3.8) is 0 Å². The summed E-state index contributed by atoms with van der Waals surface area (Å²) in [6.07, 6.45) is 4.20. The van der Waals surface area contributed by atoms with Crippen LogP contribution in [0, 0.1) is 5.92 Å². The highest BCUT2D eigenvalue weighted by molar-refractivity contribution is 5.82. The number of aromatic amines is 1. The van der Waals surface area contributed by atoms with Gasteiger partial charge in [0, 0.05) is 31.4 Å². The van der Waals surface area contributed by atoms with Gasteiger partial charge in [0.05, 0.1) is 6.33 Å². The van der Waals surface area contributed by atoms with Crippen molar-refractivity contribution < 1.29 is 14.7 Å². The number of nitrogens with zero attached hydrogens (tertiary/aromatic N) is 2. The normalized spacial score (nSPS) is 20.3. The van der Waals surface area contributed by atoms with E-state index in [0.29, 0.717) is 24.7 Å². The number of H-pyrrole nitrogens is 1. The van der Waals surface area contributed by atoms with Crippen LogP contribution in [0.25, 0.3) is 0 Å². The molecule has 19 heavy (non-hydrogen) atoms. The molecule has 2 atom stereocenters. The molecule has 1 aromatic heterocycles. The number of carboxylic acids is 1. The molecule has 0 spiro atoms. The Morgan fingerprint density at radius 2 is 2.47 bits per heavy atom. The molecule has 1 aliphatic rings. The van der Waals surface area contributed by atoms with Gasteiger partial charge in [0.25, 0.3) is 0 Å². The smallest absolute Gasteiger partial charge is 0.326 e. The number of amides is 2. The summed E-state index contributed by atoms with van der Waals surface area (Å²) in [4.78, 5) is 31.5. The summed E-state index contributed by atoms with van der Waals surface area (Å²) in [5.74, 6) is -0.572. The summed E-state index contributed by atoms with van der Waals surface area (Å²) in [6, 6.07) is -1.25. The van der Waals surface area contributed by atoms with Gasteiger partial charge < -0.3 is 20.3 Å². The number of hydrogen-bond donors (Lipinski definition) is 3. The lowest BCUT2D eigenvalue weighted by Gasteiger charge is -2.20. The predicted octanol–water partition coefficient (Wildman–Crippen LogP) is 0.457. The third-order valence-electron chi connectivity index (χ3n) is 3.29. The molecule has 0 bridgehead atoms. The molecular weight excluding hydrogens is 248 g/mol. The lowest BCUT2D eigenvalue weighted by atomic mass is 10.1. The highest BCUT2D eigenvalue weighted by Crippen LogP contribution is 2.15. The number of hydrogen-bond acceptors (Lipinski definition) is 3. The first-order valence-corrected chi connectivity index (χ1v) is 6.31. The second-order valence-electron chi connectivity index (χ2n) is 4.96. The zero-order valence-electron chi connectivity index (χ0n) is 10.8. The summed E-state index contributed by atoms with van der Waals surface area (Å²) in [5.41, 5.74) is 0.683. The molecule has 3 N–H and O–H groups in total. The Morgan fingerprint density at radius 3 is 3.00 bits per heavy atom. The molecule has 1 fully saturated rings. The average molecular weight is 266 g/mol. The average Bonchev–Trinajstić information content (AvgIpc) is 2.99. The minimum Gasteiger partial charge on any atom is -0.480 e. The molecule has 0 radical (unpaired) electrons. The van der Waals surface area contributed by atoms with Crippen molar-refractivity contribution in [1.29, 1.82) is 0 Å². The van der Waals surface area contributed by atoms with Gasteiger partial charge in [0.15, 0.2) is 0 Å². The van der Waals surface area contributed by atoms with E-state index in [4.69, 9.17) is 5.11 Å². The zero-order chi connectivity index (χ0) is 13.8. The predicted molar refractivity (Wildman–Crippen MR) is 67.6 cm³/mol. The third-order valence-corrected chi connectivity index (χ3v) is 3.29. The maximum Gasteiger partial charge on any atom is 0.326 e. The SMILES string of the molecule is CC1CCN(C(=O)NC(Cc2cnc[nH]2)C(=O)O)C1. The topological polar surface area (TPSA) is 98.3 Å². The highest BCUT2D eigenvalue weighted by atomic mass is 16.4. The lowest BCUT2D eigenvalue weighted by molar-refractivity contribution is -0.139. The molecule has 2 heterocycles. The quantitative estimate of drug-likeness (QED) is 0.737. The van der Waals surface area contributed by atoms with Crippen LogP contribution in [0.3, 0.4) is 0 Å². The van der Waals surface area contributed by atoms with Crippen molar-refractivity contribution in [2.24, 2.45) is 5.92 Å². The lowest BCUT2D eigenvalue weighted by Crippen LogP contribution is -2.48. The number of urea groups is 1. The molecule has 0 aliphatic carbocycles. The Hall–Kier alpha value is -2.05. The van der Waals surface area contributed by atoms with Crippen LogP contribution in [0.5, 0.6) is 0 Å². The second-order valence-corrected chi connectivity index (χ2v) is 4.96. The van der Waals surface area contributed by atoms with E-state index >= 15 is 0 Å². The first-order chi connectivity index (χ1) is 9.06. The number of aliphatic carboxylic acids is 1. The maximum atomic E-state index is 12.0. The number of carbonyl (C=O) groups is 2. The van der Waals surface area contributed by atoms with Crippen molar-refractivity contribution in [2.45, 2.75) is 25.8 Å². The molecule has 2 rings (SSSR count). The van der Waals surface area contributed by atoms with Crippen LogP contribution in [0.2, 0.25) is 0 Å². The van der Waals surface area contributed by atoms with Gasteiger partial charge in [-0.3, -0.25) is 0 Å². The van der Waals surface area contributed by atoms with E-state index in [9.17, 15) is 9.59 Å². The standard InChI is InChI=1S/C12H18N4O3/c1-8-2-3-16(6-8)12(19)15-10(11(17)18)4-9-5-13-7-14-9/h5,7-8,10H,2-4,6H2,1H3,(H,13,14)(H,15,19)(H,17,18). The van der Waals surface area contributed by atoms with Crippen LogP contribution in [-0.4, -0.2) is 51.1 Å². The van der Waals surface area contributed by atoms with Crippen molar-refractivity contribution >= 4 is 12.0 Å². The third kappa shape index (κ3) is 3.46. The number of nitrogens with one attached hydrogen (secondary N) is 2. The van der Waals surface area contributed by atoms with Gasteiger partial charge in [0.2, 0.25) is 0 Å². The molecule has 1 aliphatic heterocycles. The minimum absolute atomic E-state index is 0.199. The first kappa shape index (κ1) is 13.4. The van der Waals surface area contributed by atoms with Crippen LogP contribution in [-0.2, 0) is 11.2 Å². The van der Waals surface area contributed by atoms with Crippen LogP contribution >= 0.6 is 0 Å². The van der Waals surface area contributed by atoms with Crippen LogP contribution < -0.4 is 5.32 Å². The van der Waals surface area contributed by atoms with Crippen molar-refractivity contribution in [1.82, 2.24) is 20.2 Å². The summed E-state index contributed by atoms with van der Waals surface area (Å²) < 4.78 is 0. The maximum absolute atomic E-state index is 12.0. The van der Waals surface area contributed by atoms with E-state index in [2.05, 4.69) is 22.2 Å². The van der Waals surface area contributed by atoms with Crippen LogP contribution in [0.4, 0.5) is 4.79 Å². The molecule has 1 saturated heterocycles. The van der Waals surface area contributed by atoms with Gasteiger partial charge in [-0.15, -0.1) is 0 Å². The van der Waals surface area contributed by atoms with Gasteiger partial charge in [0.1, 0.15) is 6.04 Å². The van der Waals surface area contributed by atoms with Gasteiger partial charge in [-0.2, -0.15) is 0 Å². The van der Waals surface area contributed by atoms with E-state index in [0.717, 1.165) is 6.42 Å². The second kappa shape index (κ2) is 5.73. The minimum atomic E-state index is -1.05. The van der Waals surface area contributed by atoms with Crippen molar-refractivity contribution in [3.8, 4) is 0 Å². The highest BCUT2D eigenvalue weighted by Gasteiger charge is 2.27. The molecule has 104 valence electrons. The van der Waals surface area contributed by atoms with Crippen molar-refractivity contribution in [3.05, 3.63) is 18.2 Å². The molecular formula is C12H18N4O3. The molecule has 2 amide bonds. The number of carbonyl (C=O) groups excluding carboxylic acids is 1. The van der Waals surface area contributed by atoms with Crippen LogP contribution in [0.15, 0.2) is 12.5 Å². The Labute approximate surface area is 111 Å². The summed E-state index contributed by atoms with van der Waals surface area (Å²) in [7, 11) is 0. The number of likely N-dealkylation sites (tertiary alicyclic amines) is 1. The number of aromatic nitrogens is 2. The fraction of sp³-hybridized carbons (Fsp3) is 0.583. The zero-order valence-corrected chi connectivity index (χ0v) is 10.8. The van der Waals surface area contributed by atoms with Gasteiger partial charge in [-0.05, 0) is 12.3 Å². The Balaban J connectivity index is 1.93. The molecule has 0 saturated carbocycles. The van der Waals surface area contributed by atoms with E-state index in [1.54, 1.807) is 11.1 Å². The Bertz CT molecular complexity index is 446. The molecule has 7 heteroatoms. The molecule has 7 nitrogen and oxygen atoms in total. The van der Waals surface area contributed by atoms with Gasteiger partial charge in [-0.1, -0.05) is 6.92 Å². The summed E-state index contributed by atoms with van der Waals surface area (Å²) in [6.45, 7) is 3.44. The van der Waals surface area contributed by atoms with Crippen LogP contribution in [0.1, 0.15) is 19.0 Å². The number of imidazole rings is 1.